The van der Waals surface area contributed by atoms with Gasteiger partial charge in [0.05, 0.1) is 17.5 Å². The van der Waals surface area contributed by atoms with Gasteiger partial charge in [-0.05, 0) is 30.4 Å². The van der Waals surface area contributed by atoms with Crippen molar-refractivity contribution < 1.29 is 14.6 Å². The van der Waals surface area contributed by atoms with Gasteiger partial charge in [0.15, 0.2) is 0 Å². The summed E-state index contributed by atoms with van der Waals surface area (Å²) in [5.74, 6) is 0.00971. The lowest BCUT2D eigenvalue weighted by atomic mass is 9.90. The van der Waals surface area contributed by atoms with Crippen LogP contribution in [0.3, 0.4) is 0 Å². The van der Waals surface area contributed by atoms with E-state index in [-0.39, 0.29) is 0 Å². The average Bonchev–Trinajstić information content (AvgIpc) is 3.08. The summed E-state index contributed by atoms with van der Waals surface area (Å²) >= 11 is 6.20. The van der Waals surface area contributed by atoms with Gasteiger partial charge in [-0.2, -0.15) is 0 Å². The lowest BCUT2D eigenvalue weighted by molar-refractivity contribution is -0.140. The molecule has 0 radical (unpaired) electrons. The van der Waals surface area contributed by atoms with Crippen molar-refractivity contribution in [1.82, 2.24) is 0 Å². The summed E-state index contributed by atoms with van der Waals surface area (Å²) in [6, 6.07) is 3.78. The second-order valence-corrected chi connectivity index (χ2v) is 5.53. The maximum Gasteiger partial charge on any atom is 0.314 e. The van der Waals surface area contributed by atoms with E-state index in [4.69, 9.17) is 16.3 Å². The highest BCUT2D eigenvalue weighted by atomic mass is 35.5. The number of methoxy groups -OCH3 is 1. The van der Waals surface area contributed by atoms with Crippen LogP contribution in [0.1, 0.15) is 43.7 Å². The van der Waals surface area contributed by atoms with Crippen LogP contribution in [-0.4, -0.2) is 18.2 Å². The first-order valence-corrected chi connectivity index (χ1v) is 6.41. The van der Waals surface area contributed by atoms with Crippen LogP contribution in [0.4, 0.5) is 0 Å². The van der Waals surface area contributed by atoms with Crippen molar-refractivity contribution in [3.63, 3.8) is 0 Å². The van der Waals surface area contributed by atoms with E-state index in [2.05, 4.69) is 13.8 Å². The molecule has 1 N–H and O–H groups in total. The number of benzene rings is 1. The molecule has 1 aliphatic rings. The van der Waals surface area contributed by atoms with Gasteiger partial charge in [-0.25, -0.2) is 0 Å². The molecule has 0 heterocycles. The Labute approximate surface area is 112 Å². The van der Waals surface area contributed by atoms with Crippen LogP contribution in [0, 0.1) is 0 Å². The van der Waals surface area contributed by atoms with Crippen LogP contribution in [0.5, 0.6) is 5.75 Å². The van der Waals surface area contributed by atoms with Gasteiger partial charge >= 0.3 is 5.97 Å². The summed E-state index contributed by atoms with van der Waals surface area (Å²) in [6.45, 7) is 4.12. The largest absolute Gasteiger partial charge is 0.495 e. The number of ether oxygens (including phenoxy) is 1. The number of carboxylic acids is 1. The zero-order valence-electron chi connectivity index (χ0n) is 10.8. The summed E-state index contributed by atoms with van der Waals surface area (Å²) in [5.41, 5.74) is 0.969. The summed E-state index contributed by atoms with van der Waals surface area (Å²) < 4.78 is 5.29. The maximum atomic E-state index is 11.4. The monoisotopic (exact) mass is 268 g/mol. The number of halogens is 1. The highest BCUT2D eigenvalue weighted by Gasteiger charge is 2.53. The fourth-order valence-corrected chi connectivity index (χ4v) is 2.54. The molecule has 18 heavy (non-hydrogen) atoms. The fraction of sp³-hybridized carbons (Fsp3) is 0.500. The normalized spacial score (nSPS) is 16.7. The van der Waals surface area contributed by atoms with Crippen LogP contribution in [0.15, 0.2) is 12.1 Å². The minimum Gasteiger partial charge on any atom is -0.495 e. The molecule has 3 nitrogen and oxygen atoms in total. The molecule has 0 unspecified atom stereocenters. The summed E-state index contributed by atoms with van der Waals surface area (Å²) in [4.78, 5) is 11.4. The fourth-order valence-electron chi connectivity index (χ4n) is 2.23. The van der Waals surface area contributed by atoms with E-state index in [1.165, 1.54) is 7.11 Å². The quantitative estimate of drug-likeness (QED) is 0.908. The Hall–Kier alpha value is -1.22. The van der Waals surface area contributed by atoms with Crippen LogP contribution >= 0.6 is 11.6 Å². The Morgan fingerprint density at radius 1 is 1.44 bits per heavy atom. The third-order valence-electron chi connectivity index (χ3n) is 3.61. The Morgan fingerprint density at radius 2 is 2.06 bits per heavy atom. The summed E-state index contributed by atoms with van der Waals surface area (Å²) in [7, 11) is 1.53. The van der Waals surface area contributed by atoms with Crippen molar-refractivity contribution in [2.75, 3.05) is 7.11 Å². The predicted octanol–water partition coefficient (Wildman–Crippen LogP) is 3.59. The van der Waals surface area contributed by atoms with Crippen molar-refractivity contribution in [3.8, 4) is 5.75 Å². The molecule has 0 aliphatic heterocycles. The number of hydrogen-bond donors (Lipinski definition) is 1. The Kier molecular flexibility index (Phi) is 3.28. The van der Waals surface area contributed by atoms with Gasteiger partial charge in [0.2, 0.25) is 0 Å². The molecule has 1 aromatic rings. The van der Waals surface area contributed by atoms with E-state index in [1.54, 1.807) is 0 Å². The molecular weight excluding hydrogens is 252 g/mol. The van der Waals surface area contributed by atoms with E-state index in [0.717, 1.165) is 5.56 Å². The topological polar surface area (TPSA) is 46.5 Å². The van der Waals surface area contributed by atoms with Gasteiger partial charge in [-0.1, -0.05) is 31.5 Å². The van der Waals surface area contributed by atoms with Gasteiger partial charge < -0.3 is 9.84 Å². The molecule has 2 rings (SSSR count). The van der Waals surface area contributed by atoms with Crippen LogP contribution in [0.2, 0.25) is 5.02 Å². The van der Waals surface area contributed by atoms with E-state index in [9.17, 15) is 9.90 Å². The van der Waals surface area contributed by atoms with E-state index < -0.39 is 11.4 Å². The first-order chi connectivity index (χ1) is 8.42. The van der Waals surface area contributed by atoms with Crippen molar-refractivity contribution in [1.29, 1.82) is 0 Å². The molecule has 1 fully saturated rings. The Balaban J connectivity index is 2.61. The Bertz CT molecular complexity index is 490. The minimum absolute atomic E-state index is 0.303. The number of hydrogen-bond acceptors (Lipinski definition) is 2. The zero-order chi connectivity index (χ0) is 13.5. The van der Waals surface area contributed by atoms with Crippen LogP contribution in [-0.2, 0) is 10.2 Å². The van der Waals surface area contributed by atoms with Crippen LogP contribution in [0.25, 0.3) is 0 Å². The highest BCUT2D eigenvalue weighted by molar-refractivity contribution is 6.32. The molecule has 1 aliphatic carbocycles. The molecule has 1 aromatic carbocycles. The lowest BCUT2D eigenvalue weighted by Gasteiger charge is -2.19. The second-order valence-electron chi connectivity index (χ2n) is 5.13. The second kappa shape index (κ2) is 4.47. The lowest BCUT2D eigenvalue weighted by Crippen LogP contribution is -2.21. The maximum absolute atomic E-state index is 11.4. The number of carboxylic acid groups (broad SMARTS) is 1. The van der Waals surface area contributed by atoms with Crippen molar-refractivity contribution in [2.45, 2.75) is 38.0 Å². The molecule has 0 atom stereocenters. The first-order valence-electron chi connectivity index (χ1n) is 6.03. The molecule has 0 aromatic heterocycles. The standard InChI is InChI=1S/C14H17ClO3/c1-8(2)9-6-10(12(18-3)11(15)7-9)14(4-5-14)13(16)17/h6-8H,4-5H2,1-3H3,(H,16,17). The third-order valence-corrected chi connectivity index (χ3v) is 3.89. The third kappa shape index (κ3) is 1.97. The molecule has 4 heteroatoms. The zero-order valence-corrected chi connectivity index (χ0v) is 11.5. The SMILES string of the molecule is COc1c(Cl)cc(C(C)C)cc1C1(C(=O)O)CC1. The highest BCUT2D eigenvalue weighted by Crippen LogP contribution is 2.53. The first kappa shape index (κ1) is 13.2. The van der Waals surface area contributed by atoms with E-state index in [1.807, 2.05) is 12.1 Å². The number of aliphatic carboxylic acids is 1. The molecule has 0 bridgehead atoms. The van der Waals surface area contributed by atoms with Gasteiger partial charge in [-0.15, -0.1) is 0 Å². The minimum atomic E-state index is -0.794. The molecule has 0 amide bonds. The molecule has 98 valence electrons. The predicted molar refractivity (Wildman–Crippen MR) is 70.6 cm³/mol. The van der Waals surface area contributed by atoms with Gasteiger partial charge in [-0.3, -0.25) is 4.79 Å². The smallest absolute Gasteiger partial charge is 0.314 e. The van der Waals surface area contributed by atoms with Crippen molar-refractivity contribution >= 4 is 17.6 Å². The molecule has 1 saturated carbocycles. The molecule has 0 spiro atoms. The number of carbonyl (C=O) groups is 1. The number of rotatable bonds is 4. The summed E-state index contributed by atoms with van der Waals surface area (Å²) in [6.07, 6.45) is 1.30. The molecule has 0 saturated heterocycles. The Morgan fingerprint density at radius 3 is 2.44 bits per heavy atom. The molecular formula is C14H17ClO3. The van der Waals surface area contributed by atoms with Crippen molar-refractivity contribution in [2.24, 2.45) is 0 Å². The van der Waals surface area contributed by atoms with Crippen LogP contribution < -0.4 is 4.74 Å². The van der Waals surface area contributed by atoms with Crippen molar-refractivity contribution in [3.05, 3.63) is 28.3 Å². The van der Waals surface area contributed by atoms with E-state index in [0.29, 0.717) is 35.1 Å². The van der Waals surface area contributed by atoms with E-state index >= 15 is 0 Å². The average molecular weight is 269 g/mol. The van der Waals surface area contributed by atoms with Gasteiger partial charge in [0, 0.05) is 5.56 Å². The van der Waals surface area contributed by atoms with Gasteiger partial charge in [0.1, 0.15) is 5.75 Å². The summed E-state index contributed by atoms with van der Waals surface area (Å²) in [5, 5.41) is 9.89. The van der Waals surface area contributed by atoms with Gasteiger partial charge in [0.25, 0.3) is 0 Å².